The lowest BCUT2D eigenvalue weighted by Crippen LogP contribution is -2.50. The third kappa shape index (κ3) is 4.83. The van der Waals surface area contributed by atoms with Crippen molar-refractivity contribution in [3.63, 3.8) is 0 Å². The highest BCUT2D eigenvalue weighted by molar-refractivity contribution is 6.30. The maximum absolute atomic E-state index is 9.65. The van der Waals surface area contributed by atoms with Gasteiger partial charge in [0.2, 0.25) is 0 Å². The summed E-state index contributed by atoms with van der Waals surface area (Å²) in [6.45, 7) is 7.84. The molecule has 1 fully saturated rings. The second-order valence-corrected chi connectivity index (χ2v) is 8.45. The van der Waals surface area contributed by atoms with Crippen LogP contribution in [0.25, 0.3) is 22.6 Å². The SMILES string of the molecule is CC(O)CC(C)N1CCN(c2cc(-c3ncc(-c4cccc(Cl)c4)[nH]3)ccn2)CC1. The highest BCUT2D eigenvalue weighted by atomic mass is 35.5. The molecule has 0 aliphatic carbocycles. The van der Waals surface area contributed by atoms with Crippen molar-refractivity contribution in [2.75, 3.05) is 31.1 Å². The fraction of sp³-hybridized carbons (Fsp3) is 0.391. The number of pyridine rings is 1. The normalized spacial score (nSPS) is 17.1. The average molecular weight is 426 g/mol. The maximum Gasteiger partial charge on any atom is 0.137 e. The highest BCUT2D eigenvalue weighted by Crippen LogP contribution is 2.26. The Hall–Kier alpha value is -2.41. The van der Waals surface area contributed by atoms with Gasteiger partial charge in [0.15, 0.2) is 0 Å². The number of hydrogen-bond donors (Lipinski definition) is 2. The van der Waals surface area contributed by atoms with Crippen LogP contribution in [0.1, 0.15) is 20.3 Å². The van der Waals surface area contributed by atoms with E-state index in [1.807, 2.05) is 49.6 Å². The average Bonchev–Trinajstić information content (AvgIpc) is 3.24. The van der Waals surface area contributed by atoms with Gasteiger partial charge in [-0.3, -0.25) is 4.90 Å². The fourth-order valence-corrected chi connectivity index (χ4v) is 4.23. The van der Waals surface area contributed by atoms with E-state index in [2.05, 4.69) is 37.7 Å². The van der Waals surface area contributed by atoms with Gasteiger partial charge >= 0.3 is 0 Å². The second-order valence-electron chi connectivity index (χ2n) is 8.02. The molecule has 3 heterocycles. The van der Waals surface area contributed by atoms with E-state index in [-0.39, 0.29) is 6.10 Å². The number of H-pyrrole nitrogens is 1. The van der Waals surface area contributed by atoms with Gasteiger partial charge in [0.05, 0.1) is 18.0 Å². The Labute approximate surface area is 182 Å². The molecule has 4 rings (SSSR count). The first-order chi connectivity index (χ1) is 14.5. The second kappa shape index (κ2) is 9.16. The van der Waals surface area contributed by atoms with E-state index >= 15 is 0 Å². The zero-order valence-corrected chi connectivity index (χ0v) is 18.2. The summed E-state index contributed by atoms with van der Waals surface area (Å²) in [6, 6.07) is 12.2. The molecule has 2 N–H and O–H groups in total. The molecule has 2 atom stereocenters. The molecule has 6 nitrogen and oxygen atoms in total. The lowest BCUT2D eigenvalue weighted by molar-refractivity contribution is 0.115. The minimum Gasteiger partial charge on any atom is -0.393 e. The molecule has 158 valence electrons. The van der Waals surface area contributed by atoms with Gasteiger partial charge in [0.1, 0.15) is 11.6 Å². The Bertz CT molecular complexity index is 981. The predicted molar refractivity (Wildman–Crippen MR) is 122 cm³/mol. The molecule has 1 aliphatic heterocycles. The number of aromatic amines is 1. The van der Waals surface area contributed by atoms with Gasteiger partial charge in [-0.05, 0) is 44.5 Å². The Morgan fingerprint density at radius 1 is 1.07 bits per heavy atom. The Morgan fingerprint density at radius 3 is 2.60 bits per heavy atom. The van der Waals surface area contributed by atoms with Gasteiger partial charge in [-0.15, -0.1) is 0 Å². The molecule has 3 aromatic rings. The smallest absolute Gasteiger partial charge is 0.137 e. The van der Waals surface area contributed by atoms with Crippen LogP contribution in [0, 0.1) is 0 Å². The van der Waals surface area contributed by atoms with Crippen molar-refractivity contribution in [3.05, 3.63) is 53.8 Å². The van der Waals surface area contributed by atoms with Crippen LogP contribution in [0.15, 0.2) is 48.8 Å². The molecule has 0 spiro atoms. The summed E-state index contributed by atoms with van der Waals surface area (Å²) in [5.41, 5.74) is 2.96. The molecule has 0 bridgehead atoms. The third-order valence-electron chi connectivity index (χ3n) is 5.67. The van der Waals surface area contributed by atoms with Crippen molar-refractivity contribution in [2.24, 2.45) is 0 Å². The topological polar surface area (TPSA) is 68.3 Å². The Morgan fingerprint density at radius 2 is 1.87 bits per heavy atom. The number of halogens is 1. The lowest BCUT2D eigenvalue weighted by atomic mass is 10.1. The lowest BCUT2D eigenvalue weighted by Gasteiger charge is -2.39. The number of aromatic nitrogens is 3. The summed E-state index contributed by atoms with van der Waals surface area (Å²) in [7, 11) is 0. The van der Waals surface area contributed by atoms with Crippen molar-refractivity contribution >= 4 is 17.4 Å². The van der Waals surface area contributed by atoms with E-state index in [1.54, 1.807) is 0 Å². The molecule has 1 saturated heterocycles. The molecule has 30 heavy (non-hydrogen) atoms. The van der Waals surface area contributed by atoms with Gasteiger partial charge in [0, 0.05) is 54.6 Å². The molecule has 1 aromatic carbocycles. The number of nitrogens with zero attached hydrogens (tertiary/aromatic N) is 4. The molecular weight excluding hydrogens is 398 g/mol. The Balaban J connectivity index is 1.45. The van der Waals surface area contributed by atoms with Crippen molar-refractivity contribution < 1.29 is 5.11 Å². The van der Waals surface area contributed by atoms with E-state index in [4.69, 9.17) is 11.6 Å². The van der Waals surface area contributed by atoms with Gasteiger partial charge in [0.25, 0.3) is 0 Å². The monoisotopic (exact) mass is 425 g/mol. The fourth-order valence-electron chi connectivity index (χ4n) is 4.04. The van der Waals surface area contributed by atoms with Gasteiger partial charge in [-0.1, -0.05) is 23.7 Å². The number of rotatable bonds is 6. The first-order valence-electron chi connectivity index (χ1n) is 10.4. The number of hydrogen-bond acceptors (Lipinski definition) is 5. The summed E-state index contributed by atoms with van der Waals surface area (Å²) in [4.78, 5) is 17.3. The van der Waals surface area contributed by atoms with Crippen molar-refractivity contribution in [3.8, 4) is 22.6 Å². The van der Waals surface area contributed by atoms with Crippen molar-refractivity contribution in [1.29, 1.82) is 0 Å². The van der Waals surface area contributed by atoms with E-state index in [0.29, 0.717) is 11.1 Å². The number of piperazine rings is 1. The predicted octanol–water partition coefficient (Wildman–Crippen LogP) is 4.07. The summed E-state index contributed by atoms with van der Waals surface area (Å²) in [6.07, 6.45) is 4.22. The summed E-state index contributed by atoms with van der Waals surface area (Å²) in [5.74, 6) is 1.79. The maximum atomic E-state index is 9.65. The number of nitrogens with one attached hydrogen (secondary N) is 1. The molecule has 2 aromatic heterocycles. The van der Waals surface area contributed by atoms with Crippen molar-refractivity contribution in [2.45, 2.75) is 32.4 Å². The van der Waals surface area contributed by atoms with E-state index in [0.717, 1.165) is 61.1 Å². The quantitative estimate of drug-likeness (QED) is 0.623. The molecule has 0 amide bonds. The molecular formula is C23H28ClN5O. The van der Waals surface area contributed by atoms with Crippen LogP contribution in [0.3, 0.4) is 0 Å². The number of aliphatic hydroxyl groups excluding tert-OH is 1. The van der Waals surface area contributed by atoms with Crippen LogP contribution in [0.2, 0.25) is 5.02 Å². The first-order valence-corrected chi connectivity index (χ1v) is 10.8. The summed E-state index contributed by atoms with van der Waals surface area (Å²) >= 11 is 6.12. The van der Waals surface area contributed by atoms with Gasteiger partial charge < -0.3 is 15.0 Å². The minimum absolute atomic E-state index is 0.263. The van der Waals surface area contributed by atoms with E-state index in [1.165, 1.54) is 0 Å². The molecule has 0 radical (unpaired) electrons. The number of imidazole rings is 1. The standard InChI is InChI=1S/C23H28ClN5O/c1-16(12-17(2)30)28-8-10-29(11-9-28)22-14-19(6-7-25-22)23-26-15-21(27-23)18-4-3-5-20(24)13-18/h3-7,13-17,30H,8-12H2,1-2H3,(H,26,27). The van der Waals surface area contributed by atoms with Crippen LogP contribution in [-0.4, -0.2) is 63.3 Å². The zero-order valence-electron chi connectivity index (χ0n) is 17.4. The summed E-state index contributed by atoms with van der Waals surface area (Å²) in [5, 5.41) is 10.4. The van der Waals surface area contributed by atoms with Gasteiger partial charge in [-0.25, -0.2) is 9.97 Å². The molecule has 1 aliphatic rings. The highest BCUT2D eigenvalue weighted by Gasteiger charge is 2.23. The van der Waals surface area contributed by atoms with Crippen molar-refractivity contribution in [1.82, 2.24) is 19.9 Å². The zero-order chi connectivity index (χ0) is 21.1. The van der Waals surface area contributed by atoms with Crippen LogP contribution in [-0.2, 0) is 0 Å². The Kier molecular flexibility index (Phi) is 6.37. The molecule has 0 saturated carbocycles. The molecule has 2 unspecified atom stereocenters. The van der Waals surface area contributed by atoms with Crippen LogP contribution < -0.4 is 4.90 Å². The number of anilines is 1. The number of benzene rings is 1. The van der Waals surface area contributed by atoms with Crippen LogP contribution in [0.4, 0.5) is 5.82 Å². The third-order valence-corrected chi connectivity index (χ3v) is 5.91. The first kappa shape index (κ1) is 20.8. The molecule has 7 heteroatoms. The largest absolute Gasteiger partial charge is 0.393 e. The van der Waals surface area contributed by atoms with Gasteiger partial charge in [-0.2, -0.15) is 0 Å². The minimum atomic E-state index is -0.263. The van der Waals surface area contributed by atoms with Crippen LogP contribution >= 0.6 is 11.6 Å². The van der Waals surface area contributed by atoms with E-state index in [9.17, 15) is 5.11 Å². The number of aliphatic hydroxyl groups is 1. The van der Waals surface area contributed by atoms with E-state index < -0.39 is 0 Å². The summed E-state index contributed by atoms with van der Waals surface area (Å²) < 4.78 is 0. The van der Waals surface area contributed by atoms with Crippen LogP contribution in [0.5, 0.6) is 0 Å².